The number of halogens is 1. The summed E-state index contributed by atoms with van der Waals surface area (Å²) in [4.78, 5) is 24.1. The molecule has 6 nitrogen and oxygen atoms in total. The van der Waals surface area contributed by atoms with Gasteiger partial charge in [-0.1, -0.05) is 42.5 Å². The molecule has 2 aromatic rings. The van der Waals surface area contributed by atoms with Crippen LogP contribution >= 0.6 is 12.4 Å². The van der Waals surface area contributed by atoms with E-state index in [1.165, 1.54) is 0 Å². The van der Waals surface area contributed by atoms with E-state index in [4.69, 9.17) is 9.94 Å². The molecule has 0 aliphatic heterocycles. The molecule has 1 amide bonds. The van der Waals surface area contributed by atoms with Crippen LogP contribution < -0.4 is 10.8 Å². The minimum Gasteiger partial charge on any atom is -0.461 e. The molecule has 7 heteroatoms. The Labute approximate surface area is 170 Å². The molecular weight excluding hydrogens is 380 g/mol. The number of hydroxylamine groups is 1. The van der Waals surface area contributed by atoms with Gasteiger partial charge in [-0.3, -0.25) is 15.3 Å². The van der Waals surface area contributed by atoms with Crippen molar-refractivity contribution in [1.82, 2.24) is 10.8 Å². The van der Waals surface area contributed by atoms with Crippen molar-refractivity contribution in [3.63, 3.8) is 0 Å². The monoisotopic (exact) mass is 404 g/mol. The van der Waals surface area contributed by atoms with Crippen LogP contribution in [0.3, 0.4) is 0 Å². The van der Waals surface area contributed by atoms with Crippen molar-refractivity contribution < 1.29 is 19.5 Å². The predicted octanol–water partition coefficient (Wildman–Crippen LogP) is 3.54. The lowest BCUT2D eigenvalue weighted by Gasteiger charge is -2.21. The molecule has 0 spiro atoms. The third-order valence-corrected chi connectivity index (χ3v) is 4.78. The molecule has 1 aliphatic rings. The average molecular weight is 405 g/mol. The van der Waals surface area contributed by atoms with E-state index in [0.717, 1.165) is 36.8 Å². The van der Waals surface area contributed by atoms with Gasteiger partial charge in [-0.25, -0.2) is 10.3 Å². The summed E-state index contributed by atoms with van der Waals surface area (Å²) in [7, 11) is 0. The van der Waals surface area contributed by atoms with Gasteiger partial charge in [0.2, 0.25) is 0 Å². The number of amides is 1. The number of esters is 1. The Morgan fingerprint density at radius 1 is 1.04 bits per heavy atom. The fourth-order valence-electron chi connectivity index (χ4n) is 3.28. The summed E-state index contributed by atoms with van der Waals surface area (Å²) in [5.74, 6) is -0.818. The molecule has 0 heterocycles. The molecule has 1 atom stereocenters. The third-order valence-electron chi connectivity index (χ3n) is 4.78. The van der Waals surface area contributed by atoms with E-state index >= 15 is 0 Å². The molecule has 28 heavy (non-hydrogen) atoms. The normalized spacial score (nSPS) is 14.8. The zero-order chi connectivity index (χ0) is 19.1. The Balaban J connectivity index is 0.00000280. The highest BCUT2D eigenvalue weighted by Crippen LogP contribution is 2.24. The van der Waals surface area contributed by atoms with Gasteiger partial charge in [0.25, 0.3) is 5.91 Å². The maximum absolute atomic E-state index is 12.7. The molecule has 0 radical (unpaired) electrons. The van der Waals surface area contributed by atoms with Crippen LogP contribution in [0, 0.1) is 0 Å². The predicted molar refractivity (Wildman–Crippen MR) is 107 cm³/mol. The minimum absolute atomic E-state index is 0. The fraction of sp³-hybridized carbons (Fsp3) is 0.333. The molecule has 3 N–H and O–H groups in total. The van der Waals surface area contributed by atoms with E-state index in [9.17, 15) is 9.59 Å². The zero-order valence-electron chi connectivity index (χ0n) is 15.5. The minimum atomic E-state index is -0.559. The standard InChI is InChI=1S/C21H24N2O4.ClH/c24-20(23-26)17-12-10-15(11-13-17)14-22-19(16-6-2-1-3-7-16)21(25)27-18-8-4-5-9-18;/h1-3,6-7,10-13,18-19,22,26H,4-5,8-9,14H2,(H,23,24);1H/t19-;/m0./s1. The number of carbonyl (C=O) groups excluding carboxylic acids is 2. The lowest BCUT2D eigenvalue weighted by molar-refractivity contribution is -0.151. The molecule has 0 unspecified atom stereocenters. The van der Waals surface area contributed by atoms with Crippen LogP contribution in [0.25, 0.3) is 0 Å². The SMILES string of the molecule is Cl.O=C(NO)c1ccc(CN[C@H](C(=O)OC2CCCC2)c2ccccc2)cc1. The highest BCUT2D eigenvalue weighted by molar-refractivity contribution is 5.93. The van der Waals surface area contributed by atoms with Crippen LogP contribution in [0.15, 0.2) is 54.6 Å². The molecule has 0 aromatic heterocycles. The molecule has 1 aliphatic carbocycles. The highest BCUT2D eigenvalue weighted by Gasteiger charge is 2.26. The Kier molecular flexibility index (Phi) is 8.44. The van der Waals surface area contributed by atoms with E-state index in [0.29, 0.717) is 12.1 Å². The first-order valence-electron chi connectivity index (χ1n) is 9.19. The van der Waals surface area contributed by atoms with Gasteiger partial charge >= 0.3 is 5.97 Å². The largest absolute Gasteiger partial charge is 0.461 e. The van der Waals surface area contributed by atoms with Gasteiger partial charge in [-0.15, -0.1) is 12.4 Å². The Bertz CT molecular complexity index is 762. The van der Waals surface area contributed by atoms with Gasteiger partial charge < -0.3 is 4.74 Å². The van der Waals surface area contributed by atoms with E-state index in [2.05, 4.69) is 5.32 Å². The van der Waals surface area contributed by atoms with E-state index in [1.807, 2.05) is 30.3 Å². The van der Waals surface area contributed by atoms with Crippen LogP contribution in [0.1, 0.15) is 53.2 Å². The molecule has 1 fully saturated rings. The number of hydrogen-bond donors (Lipinski definition) is 3. The Morgan fingerprint density at radius 3 is 2.29 bits per heavy atom. The van der Waals surface area contributed by atoms with Crippen LogP contribution in [-0.4, -0.2) is 23.2 Å². The zero-order valence-corrected chi connectivity index (χ0v) is 16.3. The van der Waals surface area contributed by atoms with Crippen LogP contribution in [0.5, 0.6) is 0 Å². The summed E-state index contributed by atoms with van der Waals surface area (Å²) in [5.41, 5.74) is 3.74. The van der Waals surface area contributed by atoms with Crippen molar-refractivity contribution in [3.8, 4) is 0 Å². The molecule has 0 saturated heterocycles. The maximum atomic E-state index is 12.7. The number of benzene rings is 2. The van der Waals surface area contributed by atoms with E-state index in [1.54, 1.807) is 29.7 Å². The van der Waals surface area contributed by atoms with Crippen molar-refractivity contribution in [2.45, 2.75) is 44.4 Å². The second-order valence-corrected chi connectivity index (χ2v) is 6.71. The lowest BCUT2D eigenvalue weighted by Crippen LogP contribution is -2.32. The summed E-state index contributed by atoms with van der Waals surface area (Å²) in [6, 6.07) is 15.8. The van der Waals surface area contributed by atoms with Crippen LogP contribution in [0.2, 0.25) is 0 Å². The van der Waals surface area contributed by atoms with Crippen LogP contribution in [-0.2, 0) is 16.1 Å². The van der Waals surface area contributed by atoms with Gasteiger partial charge in [0.05, 0.1) is 0 Å². The molecular formula is C21H25ClN2O4. The number of nitrogens with one attached hydrogen (secondary N) is 2. The number of carbonyl (C=O) groups is 2. The van der Waals surface area contributed by atoms with Gasteiger partial charge in [-0.2, -0.15) is 0 Å². The van der Waals surface area contributed by atoms with Gasteiger partial charge in [0.15, 0.2) is 0 Å². The number of ether oxygens (including phenoxy) is 1. The summed E-state index contributed by atoms with van der Waals surface area (Å²) in [5, 5.41) is 11.9. The molecule has 1 saturated carbocycles. The Hall–Kier alpha value is -2.41. The van der Waals surface area contributed by atoms with Crippen LogP contribution in [0.4, 0.5) is 0 Å². The van der Waals surface area contributed by atoms with E-state index < -0.39 is 11.9 Å². The summed E-state index contributed by atoms with van der Waals surface area (Å²) < 4.78 is 5.70. The first-order chi connectivity index (χ1) is 13.2. The summed E-state index contributed by atoms with van der Waals surface area (Å²) in [6.07, 6.45) is 4.09. The third kappa shape index (κ3) is 5.79. The number of hydrogen-bond acceptors (Lipinski definition) is 5. The topological polar surface area (TPSA) is 87.7 Å². The molecule has 2 aromatic carbocycles. The lowest BCUT2D eigenvalue weighted by atomic mass is 10.1. The van der Waals surface area contributed by atoms with Crippen molar-refractivity contribution in [2.24, 2.45) is 0 Å². The van der Waals surface area contributed by atoms with Crippen molar-refractivity contribution in [1.29, 1.82) is 0 Å². The second-order valence-electron chi connectivity index (χ2n) is 6.71. The summed E-state index contributed by atoms with van der Waals surface area (Å²) >= 11 is 0. The smallest absolute Gasteiger partial charge is 0.328 e. The van der Waals surface area contributed by atoms with Crippen molar-refractivity contribution >= 4 is 24.3 Å². The quantitative estimate of drug-likeness (QED) is 0.373. The van der Waals surface area contributed by atoms with Gasteiger partial charge in [0.1, 0.15) is 12.1 Å². The van der Waals surface area contributed by atoms with E-state index in [-0.39, 0.29) is 24.5 Å². The van der Waals surface area contributed by atoms with Crippen molar-refractivity contribution in [2.75, 3.05) is 0 Å². The maximum Gasteiger partial charge on any atom is 0.328 e. The Morgan fingerprint density at radius 2 is 1.68 bits per heavy atom. The molecule has 0 bridgehead atoms. The highest BCUT2D eigenvalue weighted by atomic mass is 35.5. The first kappa shape index (κ1) is 21.9. The fourth-order valence-corrected chi connectivity index (χ4v) is 3.28. The summed E-state index contributed by atoms with van der Waals surface area (Å²) in [6.45, 7) is 0.445. The first-order valence-corrected chi connectivity index (χ1v) is 9.19. The van der Waals surface area contributed by atoms with Crippen molar-refractivity contribution in [3.05, 3.63) is 71.3 Å². The molecule has 3 rings (SSSR count). The number of rotatable bonds is 7. The average Bonchev–Trinajstić information content (AvgIpc) is 3.22. The van der Waals surface area contributed by atoms with Gasteiger partial charge in [0, 0.05) is 12.1 Å². The second kappa shape index (κ2) is 10.8. The van der Waals surface area contributed by atoms with Gasteiger partial charge in [-0.05, 0) is 48.9 Å². The molecule has 150 valence electrons.